The van der Waals surface area contributed by atoms with Gasteiger partial charge in [-0.05, 0) is 30.7 Å². The van der Waals surface area contributed by atoms with Crippen LogP contribution in [0, 0.1) is 0 Å². The highest BCUT2D eigenvalue weighted by Gasteiger charge is 2.08. The number of hydrogen-bond donors (Lipinski definition) is 2. The van der Waals surface area contributed by atoms with E-state index in [1.165, 1.54) is 83.5 Å². The number of carbonyl (C=O) groups is 2. The number of aliphatic carboxylic acids is 1. The lowest BCUT2D eigenvalue weighted by Crippen LogP contribution is -2.13. The molecule has 0 fully saturated rings. The number of hydrogen-bond acceptors (Lipinski definition) is 4. The maximum absolute atomic E-state index is 11.7. The number of benzene rings is 1. The fourth-order valence-electron chi connectivity index (χ4n) is 3.49. The molecule has 0 amide bonds. The van der Waals surface area contributed by atoms with Crippen LogP contribution in [0.1, 0.15) is 107 Å². The van der Waals surface area contributed by atoms with Crippen molar-refractivity contribution in [3.05, 3.63) is 29.8 Å². The highest BCUT2D eigenvalue weighted by atomic mass is 16.5. The molecule has 170 valence electrons. The molecule has 0 bridgehead atoms. The van der Waals surface area contributed by atoms with Crippen molar-refractivity contribution in [2.75, 3.05) is 18.5 Å². The first-order valence-corrected chi connectivity index (χ1v) is 11.9. The Kier molecular flexibility index (Phi) is 15.4. The van der Waals surface area contributed by atoms with E-state index in [-0.39, 0.29) is 0 Å². The SMILES string of the molecule is CCCCCCCCCCCCCCCCNc1ccc(C(=O)OCC(=O)O)cc1. The topological polar surface area (TPSA) is 75.6 Å². The first-order valence-electron chi connectivity index (χ1n) is 11.9. The lowest BCUT2D eigenvalue weighted by molar-refractivity contribution is -0.140. The summed E-state index contributed by atoms with van der Waals surface area (Å²) >= 11 is 0. The molecule has 0 saturated carbocycles. The van der Waals surface area contributed by atoms with Crippen LogP contribution < -0.4 is 5.32 Å². The predicted octanol–water partition coefficient (Wildman–Crippen LogP) is 6.82. The molecule has 0 heterocycles. The molecule has 0 atom stereocenters. The smallest absolute Gasteiger partial charge is 0.341 e. The molecule has 0 aliphatic carbocycles. The van der Waals surface area contributed by atoms with Gasteiger partial charge in [0.15, 0.2) is 6.61 Å². The van der Waals surface area contributed by atoms with E-state index in [0.717, 1.165) is 18.7 Å². The fourth-order valence-corrected chi connectivity index (χ4v) is 3.49. The molecule has 0 aliphatic heterocycles. The van der Waals surface area contributed by atoms with Crippen molar-refractivity contribution in [2.24, 2.45) is 0 Å². The Morgan fingerprint density at radius 2 is 1.23 bits per heavy atom. The van der Waals surface area contributed by atoms with Gasteiger partial charge in [0.1, 0.15) is 0 Å². The highest BCUT2D eigenvalue weighted by Crippen LogP contribution is 2.14. The Morgan fingerprint density at radius 3 is 1.70 bits per heavy atom. The van der Waals surface area contributed by atoms with Gasteiger partial charge in [-0.15, -0.1) is 0 Å². The van der Waals surface area contributed by atoms with Crippen LogP contribution in [0.3, 0.4) is 0 Å². The summed E-state index contributed by atoms with van der Waals surface area (Å²) in [5, 5.41) is 11.9. The number of anilines is 1. The van der Waals surface area contributed by atoms with Gasteiger partial charge in [-0.1, -0.05) is 90.4 Å². The van der Waals surface area contributed by atoms with Crippen molar-refractivity contribution in [1.29, 1.82) is 0 Å². The summed E-state index contributed by atoms with van der Waals surface area (Å²) in [4.78, 5) is 22.1. The molecule has 1 rings (SSSR count). The maximum atomic E-state index is 11.7. The second-order valence-corrected chi connectivity index (χ2v) is 8.07. The lowest BCUT2D eigenvalue weighted by Gasteiger charge is -2.07. The third kappa shape index (κ3) is 14.0. The molecule has 30 heavy (non-hydrogen) atoms. The van der Waals surface area contributed by atoms with Crippen molar-refractivity contribution in [2.45, 2.75) is 96.8 Å². The number of nitrogens with one attached hydrogen (secondary N) is 1. The van der Waals surface area contributed by atoms with Crippen LogP contribution in [0.5, 0.6) is 0 Å². The molecular weight excluding hydrogens is 378 g/mol. The van der Waals surface area contributed by atoms with Gasteiger partial charge in [0.2, 0.25) is 0 Å². The Bertz CT molecular complexity index is 571. The summed E-state index contributed by atoms with van der Waals surface area (Å²) in [5.41, 5.74) is 1.32. The molecule has 5 nitrogen and oxygen atoms in total. The predicted molar refractivity (Wildman–Crippen MR) is 123 cm³/mol. The minimum Gasteiger partial charge on any atom is -0.479 e. The molecule has 1 aromatic rings. The van der Waals surface area contributed by atoms with Crippen molar-refractivity contribution in [1.82, 2.24) is 0 Å². The normalized spacial score (nSPS) is 10.7. The maximum Gasteiger partial charge on any atom is 0.341 e. The molecule has 0 aromatic heterocycles. The number of rotatable bonds is 19. The van der Waals surface area contributed by atoms with E-state index < -0.39 is 18.5 Å². The van der Waals surface area contributed by atoms with E-state index in [2.05, 4.69) is 17.0 Å². The Labute approximate surface area is 182 Å². The Balaban J connectivity index is 1.93. The zero-order valence-corrected chi connectivity index (χ0v) is 18.8. The van der Waals surface area contributed by atoms with Gasteiger partial charge in [0.05, 0.1) is 5.56 Å². The van der Waals surface area contributed by atoms with E-state index in [4.69, 9.17) is 5.11 Å². The number of esters is 1. The van der Waals surface area contributed by atoms with Gasteiger partial charge in [0.25, 0.3) is 0 Å². The summed E-state index contributed by atoms with van der Waals surface area (Å²) in [7, 11) is 0. The molecule has 0 unspecified atom stereocenters. The molecule has 5 heteroatoms. The Hall–Kier alpha value is -2.04. The van der Waals surface area contributed by atoms with Gasteiger partial charge < -0.3 is 15.2 Å². The molecule has 1 aromatic carbocycles. The minimum absolute atomic E-state index is 0.360. The van der Waals surface area contributed by atoms with Gasteiger partial charge in [-0.2, -0.15) is 0 Å². The summed E-state index contributed by atoms with van der Waals surface area (Å²) in [6, 6.07) is 6.94. The largest absolute Gasteiger partial charge is 0.479 e. The first-order chi connectivity index (χ1) is 14.6. The van der Waals surface area contributed by atoms with E-state index in [1.807, 2.05) is 12.1 Å². The monoisotopic (exact) mass is 419 g/mol. The van der Waals surface area contributed by atoms with Crippen molar-refractivity contribution in [3.63, 3.8) is 0 Å². The third-order valence-corrected chi connectivity index (χ3v) is 5.31. The number of ether oxygens (including phenoxy) is 1. The first kappa shape index (κ1) is 26.0. The van der Waals surface area contributed by atoms with Gasteiger partial charge in [-0.25, -0.2) is 9.59 Å². The van der Waals surface area contributed by atoms with E-state index in [0.29, 0.717) is 5.56 Å². The van der Waals surface area contributed by atoms with Crippen LogP contribution in [0.2, 0.25) is 0 Å². The lowest BCUT2D eigenvalue weighted by atomic mass is 10.0. The standard InChI is InChI=1S/C25H41NO4/c1-2-3-4-5-6-7-8-9-10-11-12-13-14-15-20-26-23-18-16-22(17-19-23)25(29)30-21-24(27)28/h16-19,26H,2-15,20-21H2,1H3,(H,27,28). The number of carboxylic acids is 1. The summed E-state index contributed by atoms with van der Waals surface area (Å²) in [5.74, 6) is -1.77. The molecule has 0 saturated heterocycles. The van der Waals surface area contributed by atoms with Crippen LogP contribution >= 0.6 is 0 Å². The molecule has 0 radical (unpaired) electrons. The molecular formula is C25H41NO4. The fraction of sp³-hybridized carbons (Fsp3) is 0.680. The zero-order valence-electron chi connectivity index (χ0n) is 18.8. The zero-order chi connectivity index (χ0) is 21.9. The average molecular weight is 420 g/mol. The number of unbranched alkanes of at least 4 members (excludes halogenated alkanes) is 13. The minimum atomic E-state index is -1.16. The third-order valence-electron chi connectivity index (χ3n) is 5.31. The van der Waals surface area contributed by atoms with E-state index in [9.17, 15) is 9.59 Å². The van der Waals surface area contributed by atoms with E-state index >= 15 is 0 Å². The number of carbonyl (C=O) groups excluding carboxylic acids is 1. The van der Waals surface area contributed by atoms with Crippen LogP contribution in [-0.2, 0) is 9.53 Å². The summed E-state index contributed by atoms with van der Waals surface area (Å²) in [6.45, 7) is 2.57. The molecule has 0 aliphatic rings. The quantitative estimate of drug-likeness (QED) is 0.190. The van der Waals surface area contributed by atoms with Crippen LogP contribution in [0.4, 0.5) is 5.69 Å². The number of carboxylic acid groups (broad SMARTS) is 1. The van der Waals surface area contributed by atoms with Crippen molar-refractivity contribution < 1.29 is 19.4 Å². The second kappa shape index (κ2) is 17.8. The second-order valence-electron chi connectivity index (χ2n) is 8.07. The highest BCUT2D eigenvalue weighted by molar-refractivity contribution is 5.91. The summed E-state index contributed by atoms with van der Waals surface area (Å²) in [6.07, 6.45) is 19.0. The van der Waals surface area contributed by atoms with Gasteiger partial charge in [0, 0.05) is 12.2 Å². The van der Waals surface area contributed by atoms with Crippen molar-refractivity contribution >= 4 is 17.6 Å². The van der Waals surface area contributed by atoms with Crippen molar-refractivity contribution in [3.8, 4) is 0 Å². The van der Waals surface area contributed by atoms with Crippen LogP contribution in [-0.4, -0.2) is 30.2 Å². The van der Waals surface area contributed by atoms with Crippen LogP contribution in [0.25, 0.3) is 0 Å². The summed E-state index contributed by atoms with van der Waals surface area (Å²) < 4.78 is 4.66. The average Bonchev–Trinajstić information content (AvgIpc) is 2.75. The van der Waals surface area contributed by atoms with Crippen LogP contribution in [0.15, 0.2) is 24.3 Å². The molecule has 0 spiro atoms. The Morgan fingerprint density at radius 1 is 0.767 bits per heavy atom. The van der Waals surface area contributed by atoms with Gasteiger partial charge >= 0.3 is 11.9 Å². The molecule has 2 N–H and O–H groups in total. The van der Waals surface area contributed by atoms with E-state index in [1.54, 1.807) is 12.1 Å². The van der Waals surface area contributed by atoms with Gasteiger partial charge in [-0.3, -0.25) is 0 Å².